The summed E-state index contributed by atoms with van der Waals surface area (Å²) in [5, 5.41) is 13.6. The monoisotopic (exact) mass is 294 g/mol. The summed E-state index contributed by atoms with van der Waals surface area (Å²) < 4.78 is 5.09. The van der Waals surface area contributed by atoms with Gasteiger partial charge >= 0.3 is 0 Å². The van der Waals surface area contributed by atoms with Crippen LogP contribution in [-0.2, 0) is 10.5 Å². The summed E-state index contributed by atoms with van der Waals surface area (Å²) in [7, 11) is 0. The Balaban J connectivity index is 1.83. The molecule has 0 fully saturated rings. The Bertz CT molecular complexity index is 598. The van der Waals surface area contributed by atoms with E-state index in [2.05, 4.69) is 20.7 Å². The quantitative estimate of drug-likeness (QED) is 0.885. The number of nitrogens with one attached hydrogen (secondary N) is 2. The van der Waals surface area contributed by atoms with E-state index in [0.717, 1.165) is 28.3 Å². The molecular formula is C13H18N4O2S. The molecule has 0 atom stereocenters. The van der Waals surface area contributed by atoms with E-state index in [1.807, 2.05) is 27.7 Å². The Morgan fingerprint density at radius 3 is 2.65 bits per heavy atom. The normalized spacial score (nSPS) is 10.8. The van der Waals surface area contributed by atoms with Gasteiger partial charge in [-0.2, -0.15) is 5.10 Å². The molecule has 0 radical (unpaired) electrons. The van der Waals surface area contributed by atoms with Gasteiger partial charge in [0.15, 0.2) is 5.82 Å². The molecule has 0 bridgehead atoms. The lowest BCUT2D eigenvalue weighted by Crippen LogP contribution is -2.15. The maximum absolute atomic E-state index is 11.8. The van der Waals surface area contributed by atoms with Crippen LogP contribution in [0.3, 0.4) is 0 Å². The maximum Gasteiger partial charge on any atom is 0.235 e. The molecule has 0 aliphatic heterocycles. The molecule has 0 aliphatic rings. The van der Waals surface area contributed by atoms with E-state index in [1.54, 1.807) is 0 Å². The number of anilines is 1. The highest BCUT2D eigenvalue weighted by molar-refractivity contribution is 7.99. The van der Waals surface area contributed by atoms with Gasteiger partial charge in [0.1, 0.15) is 5.76 Å². The predicted molar refractivity (Wildman–Crippen MR) is 78.8 cm³/mol. The smallest absolute Gasteiger partial charge is 0.235 e. The second kappa shape index (κ2) is 6.13. The minimum Gasteiger partial charge on any atom is -0.361 e. The Kier molecular flexibility index (Phi) is 4.49. The van der Waals surface area contributed by atoms with Crippen LogP contribution in [0.15, 0.2) is 4.52 Å². The van der Waals surface area contributed by atoms with E-state index >= 15 is 0 Å². The number of nitrogens with zero attached hydrogens (tertiary/aromatic N) is 2. The van der Waals surface area contributed by atoms with E-state index < -0.39 is 0 Å². The van der Waals surface area contributed by atoms with Gasteiger partial charge in [-0.15, -0.1) is 11.8 Å². The predicted octanol–water partition coefficient (Wildman–Crippen LogP) is 2.50. The Hall–Kier alpha value is -1.76. The fourth-order valence-electron chi connectivity index (χ4n) is 1.73. The lowest BCUT2D eigenvalue weighted by Gasteiger charge is -2.03. The van der Waals surface area contributed by atoms with Gasteiger partial charge in [0.25, 0.3) is 0 Å². The lowest BCUT2D eigenvalue weighted by atomic mass is 10.2. The number of carbonyl (C=O) groups excluding carboxylic acids is 1. The summed E-state index contributed by atoms with van der Waals surface area (Å²) >= 11 is 1.53. The van der Waals surface area contributed by atoms with Crippen molar-refractivity contribution in [3.8, 4) is 0 Å². The molecule has 108 valence electrons. The number of aromatic nitrogens is 3. The number of thioether (sulfide) groups is 1. The fourth-order valence-corrected chi connectivity index (χ4v) is 2.70. The Morgan fingerprint density at radius 1 is 1.35 bits per heavy atom. The molecule has 7 heteroatoms. The van der Waals surface area contributed by atoms with Gasteiger partial charge in [0, 0.05) is 22.6 Å². The maximum atomic E-state index is 11.8. The molecule has 6 nitrogen and oxygen atoms in total. The summed E-state index contributed by atoms with van der Waals surface area (Å²) in [6.45, 7) is 7.63. The molecule has 2 rings (SSSR count). The van der Waals surface area contributed by atoms with Crippen molar-refractivity contribution in [2.24, 2.45) is 0 Å². The standard InChI is InChI=1S/C13H18N4O2S/c1-7-8(2)15-16-13(7)14-12(18)6-20-5-11-9(3)17-19-10(11)4/h5-6H2,1-4H3,(H2,14,15,16,18). The first-order chi connectivity index (χ1) is 9.49. The van der Waals surface area contributed by atoms with Gasteiger partial charge in [0.2, 0.25) is 5.91 Å². The summed E-state index contributed by atoms with van der Waals surface area (Å²) in [4.78, 5) is 11.8. The van der Waals surface area contributed by atoms with Gasteiger partial charge in [-0.05, 0) is 27.7 Å². The van der Waals surface area contributed by atoms with Gasteiger partial charge in [-0.3, -0.25) is 9.89 Å². The van der Waals surface area contributed by atoms with Crippen molar-refractivity contribution < 1.29 is 9.32 Å². The molecule has 2 aromatic heterocycles. The molecule has 2 heterocycles. The van der Waals surface area contributed by atoms with Crippen molar-refractivity contribution in [2.45, 2.75) is 33.4 Å². The zero-order chi connectivity index (χ0) is 14.7. The van der Waals surface area contributed by atoms with E-state index in [9.17, 15) is 4.79 Å². The summed E-state index contributed by atoms with van der Waals surface area (Å²) in [6, 6.07) is 0. The number of aryl methyl sites for hydroxylation is 3. The van der Waals surface area contributed by atoms with E-state index in [-0.39, 0.29) is 5.91 Å². The molecule has 2 aromatic rings. The van der Waals surface area contributed by atoms with Crippen LogP contribution in [-0.4, -0.2) is 27.0 Å². The first kappa shape index (κ1) is 14.6. The lowest BCUT2D eigenvalue weighted by molar-refractivity contribution is -0.113. The van der Waals surface area contributed by atoms with Crippen molar-refractivity contribution in [3.63, 3.8) is 0 Å². The Labute approximate surface area is 121 Å². The third-order valence-electron chi connectivity index (χ3n) is 3.17. The molecule has 0 aliphatic carbocycles. The third kappa shape index (κ3) is 3.22. The third-order valence-corrected chi connectivity index (χ3v) is 4.13. The SMILES string of the molecule is Cc1noc(C)c1CSCC(=O)Nc1n[nH]c(C)c1C. The summed E-state index contributed by atoms with van der Waals surface area (Å²) in [6.07, 6.45) is 0. The highest BCUT2D eigenvalue weighted by atomic mass is 32.2. The topological polar surface area (TPSA) is 83.8 Å². The van der Waals surface area contributed by atoms with Crippen molar-refractivity contribution in [1.29, 1.82) is 0 Å². The molecule has 0 unspecified atom stereocenters. The van der Waals surface area contributed by atoms with Crippen LogP contribution >= 0.6 is 11.8 Å². The number of rotatable bonds is 5. The average Bonchev–Trinajstić information content (AvgIpc) is 2.88. The number of H-pyrrole nitrogens is 1. The summed E-state index contributed by atoms with van der Waals surface area (Å²) in [5.74, 6) is 2.44. The van der Waals surface area contributed by atoms with Crippen molar-refractivity contribution in [2.75, 3.05) is 11.1 Å². The molecule has 0 spiro atoms. The average molecular weight is 294 g/mol. The van der Waals surface area contributed by atoms with E-state index in [4.69, 9.17) is 4.52 Å². The van der Waals surface area contributed by atoms with Crippen LogP contribution in [0.4, 0.5) is 5.82 Å². The minimum absolute atomic E-state index is 0.0589. The van der Waals surface area contributed by atoms with Crippen LogP contribution in [0, 0.1) is 27.7 Å². The number of carbonyl (C=O) groups is 1. The fraction of sp³-hybridized carbons (Fsp3) is 0.462. The van der Waals surface area contributed by atoms with Crippen molar-refractivity contribution in [3.05, 3.63) is 28.3 Å². The second-order valence-electron chi connectivity index (χ2n) is 4.67. The van der Waals surface area contributed by atoms with Gasteiger partial charge in [-0.25, -0.2) is 0 Å². The molecule has 1 amide bonds. The van der Waals surface area contributed by atoms with Crippen molar-refractivity contribution >= 4 is 23.5 Å². The van der Waals surface area contributed by atoms with Crippen LogP contribution in [0.1, 0.15) is 28.3 Å². The van der Waals surface area contributed by atoms with Crippen molar-refractivity contribution in [1.82, 2.24) is 15.4 Å². The molecular weight excluding hydrogens is 276 g/mol. The van der Waals surface area contributed by atoms with Crippen LogP contribution in [0.25, 0.3) is 0 Å². The number of hydrogen-bond acceptors (Lipinski definition) is 5. The molecule has 0 aromatic carbocycles. The van der Waals surface area contributed by atoms with Crippen LogP contribution in [0.2, 0.25) is 0 Å². The second-order valence-corrected chi connectivity index (χ2v) is 5.65. The summed E-state index contributed by atoms with van der Waals surface area (Å²) in [5.41, 5.74) is 3.88. The zero-order valence-corrected chi connectivity index (χ0v) is 12.8. The highest BCUT2D eigenvalue weighted by Crippen LogP contribution is 2.20. The van der Waals surface area contributed by atoms with Gasteiger partial charge in [-0.1, -0.05) is 5.16 Å². The zero-order valence-electron chi connectivity index (χ0n) is 12.0. The molecule has 2 N–H and O–H groups in total. The van der Waals surface area contributed by atoms with Gasteiger partial charge < -0.3 is 9.84 Å². The number of amides is 1. The number of hydrogen-bond donors (Lipinski definition) is 2. The largest absolute Gasteiger partial charge is 0.361 e. The molecule has 0 saturated heterocycles. The molecule has 20 heavy (non-hydrogen) atoms. The highest BCUT2D eigenvalue weighted by Gasteiger charge is 2.12. The van der Waals surface area contributed by atoms with Crippen LogP contribution < -0.4 is 5.32 Å². The first-order valence-corrected chi connectivity index (χ1v) is 7.45. The van der Waals surface area contributed by atoms with Gasteiger partial charge in [0.05, 0.1) is 11.4 Å². The molecule has 0 saturated carbocycles. The van der Waals surface area contributed by atoms with Crippen LogP contribution in [0.5, 0.6) is 0 Å². The first-order valence-electron chi connectivity index (χ1n) is 6.30. The van der Waals surface area contributed by atoms with E-state index in [1.165, 1.54) is 11.8 Å². The Morgan fingerprint density at radius 2 is 2.10 bits per heavy atom. The minimum atomic E-state index is -0.0589. The van der Waals surface area contributed by atoms with E-state index in [0.29, 0.717) is 17.3 Å². The number of aromatic amines is 1.